The van der Waals surface area contributed by atoms with Crippen LogP contribution in [0.1, 0.15) is 25.7 Å². The Morgan fingerprint density at radius 1 is 1.25 bits per heavy atom. The van der Waals surface area contributed by atoms with E-state index in [0.717, 1.165) is 0 Å². The maximum absolute atomic E-state index is 10.8. The molecule has 0 aromatic rings. The first kappa shape index (κ1) is 7.90. The molecule has 0 aliphatic heterocycles. The number of carbonyl (C=O) groups is 1. The molecule has 3 heteroatoms. The Balaban J connectivity index is 1.81. The summed E-state index contributed by atoms with van der Waals surface area (Å²) in [5.74, 6) is 1.30. The van der Waals surface area contributed by atoms with Gasteiger partial charge in [-0.25, -0.2) is 4.79 Å². The minimum absolute atomic E-state index is 0.181. The van der Waals surface area contributed by atoms with Crippen LogP contribution in [0.4, 0.5) is 4.79 Å². The van der Waals surface area contributed by atoms with Crippen molar-refractivity contribution in [3.63, 3.8) is 0 Å². The van der Waals surface area contributed by atoms with Gasteiger partial charge in [-0.3, -0.25) is 0 Å². The summed E-state index contributed by atoms with van der Waals surface area (Å²) < 4.78 is 9.54. The van der Waals surface area contributed by atoms with Gasteiger partial charge in [-0.05, 0) is 12.8 Å². The van der Waals surface area contributed by atoms with Gasteiger partial charge in [-0.15, -0.1) is 0 Å². The number of rotatable bonds is 1. The summed E-state index contributed by atoms with van der Waals surface area (Å²) in [6, 6.07) is 0. The molecule has 0 saturated heterocycles. The number of hydrogen-bond acceptors (Lipinski definition) is 3. The van der Waals surface area contributed by atoms with Crippen LogP contribution < -0.4 is 0 Å². The molecule has 2 saturated carbocycles. The zero-order valence-electron chi connectivity index (χ0n) is 7.29. The van der Waals surface area contributed by atoms with Crippen molar-refractivity contribution in [1.29, 1.82) is 0 Å². The lowest BCUT2D eigenvalue weighted by atomic mass is 10.0. The van der Waals surface area contributed by atoms with Crippen molar-refractivity contribution in [3.05, 3.63) is 0 Å². The van der Waals surface area contributed by atoms with E-state index in [4.69, 9.17) is 4.74 Å². The maximum Gasteiger partial charge on any atom is 0.508 e. The highest BCUT2D eigenvalue weighted by atomic mass is 16.7. The Kier molecular flexibility index (Phi) is 1.95. The minimum Gasteiger partial charge on any atom is -0.438 e. The molecule has 0 heterocycles. The van der Waals surface area contributed by atoms with Gasteiger partial charge in [-0.2, -0.15) is 0 Å². The average molecular weight is 170 g/mol. The molecule has 68 valence electrons. The number of ether oxygens (including phenoxy) is 2. The molecule has 0 aromatic carbocycles. The van der Waals surface area contributed by atoms with Crippen molar-refractivity contribution in [1.82, 2.24) is 0 Å². The smallest absolute Gasteiger partial charge is 0.438 e. The maximum atomic E-state index is 10.8. The van der Waals surface area contributed by atoms with Gasteiger partial charge < -0.3 is 9.47 Å². The number of fused-ring (bicyclic) bond motifs is 1. The zero-order valence-corrected chi connectivity index (χ0v) is 7.29. The first-order valence-corrected chi connectivity index (χ1v) is 4.57. The van der Waals surface area contributed by atoms with Crippen LogP contribution in [0.25, 0.3) is 0 Å². The second-order valence-corrected chi connectivity index (χ2v) is 3.65. The number of methoxy groups -OCH3 is 1. The van der Waals surface area contributed by atoms with E-state index in [-0.39, 0.29) is 6.10 Å². The van der Waals surface area contributed by atoms with Crippen LogP contribution in [0, 0.1) is 11.8 Å². The Morgan fingerprint density at radius 3 is 2.33 bits per heavy atom. The van der Waals surface area contributed by atoms with E-state index in [1.807, 2.05) is 0 Å². The van der Waals surface area contributed by atoms with E-state index in [9.17, 15) is 4.79 Å². The van der Waals surface area contributed by atoms with Crippen LogP contribution >= 0.6 is 0 Å². The molecule has 3 atom stereocenters. The molecule has 2 aliphatic rings. The van der Waals surface area contributed by atoms with Gasteiger partial charge >= 0.3 is 6.16 Å². The SMILES string of the molecule is COC(=O)OC1[C@H]2CCCC[C@@H]12. The van der Waals surface area contributed by atoms with Gasteiger partial charge in [0.2, 0.25) is 0 Å². The van der Waals surface area contributed by atoms with Crippen molar-refractivity contribution in [2.24, 2.45) is 11.8 Å². The third-order valence-corrected chi connectivity index (χ3v) is 2.98. The van der Waals surface area contributed by atoms with Gasteiger partial charge in [0.15, 0.2) is 0 Å². The van der Waals surface area contributed by atoms with Crippen LogP contribution in [0.15, 0.2) is 0 Å². The molecule has 2 rings (SSSR count). The quantitative estimate of drug-likeness (QED) is 0.564. The van der Waals surface area contributed by atoms with Gasteiger partial charge in [-0.1, -0.05) is 12.8 Å². The van der Waals surface area contributed by atoms with Crippen LogP contribution in [-0.2, 0) is 9.47 Å². The normalized spacial score (nSPS) is 38.2. The third-order valence-electron chi connectivity index (χ3n) is 2.98. The Bertz CT molecular complexity index is 178. The topological polar surface area (TPSA) is 35.5 Å². The van der Waals surface area contributed by atoms with Crippen molar-refractivity contribution < 1.29 is 14.3 Å². The Labute approximate surface area is 72.0 Å². The largest absolute Gasteiger partial charge is 0.508 e. The highest BCUT2D eigenvalue weighted by Crippen LogP contribution is 2.51. The highest BCUT2D eigenvalue weighted by Gasteiger charge is 2.53. The number of carbonyl (C=O) groups excluding carboxylic acids is 1. The summed E-state index contributed by atoms with van der Waals surface area (Å²) in [6.07, 6.45) is 4.71. The van der Waals surface area contributed by atoms with Gasteiger partial charge in [0.05, 0.1) is 7.11 Å². The van der Waals surface area contributed by atoms with Crippen LogP contribution in [-0.4, -0.2) is 19.4 Å². The molecule has 0 radical (unpaired) electrons. The van der Waals surface area contributed by atoms with Crippen LogP contribution in [0.2, 0.25) is 0 Å². The molecular weight excluding hydrogens is 156 g/mol. The summed E-state index contributed by atoms with van der Waals surface area (Å²) in [4.78, 5) is 10.8. The van der Waals surface area contributed by atoms with E-state index in [1.54, 1.807) is 0 Å². The lowest BCUT2D eigenvalue weighted by Gasteiger charge is -2.03. The summed E-state index contributed by atoms with van der Waals surface area (Å²) in [5, 5.41) is 0. The fourth-order valence-electron chi connectivity index (χ4n) is 2.26. The monoisotopic (exact) mass is 170 g/mol. The summed E-state index contributed by atoms with van der Waals surface area (Å²) in [6.45, 7) is 0. The van der Waals surface area contributed by atoms with Gasteiger partial charge in [0, 0.05) is 11.8 Å². The van der Waals surface area contributed by atoms with Crippen molar-refractivity contribution >= 4 is 6.16 Å². The number of hydrogen-bond donors (Lipinski definition) is 0. The third kappa shape index (κ3) is 1.28. The molecule has 1 unspecified atom stereocenters. The second kappa shape index (κ2) is 2.96. The summed E-state index contributed by atoms with van der Waals surface area (Å²) in [7, 11) is 1.36. The summed E-state index contributed by atoms with van der Waals surface area (Å²) >= 11 is 0. The van der Waals surface area contributed by atoms with E-state index < -0.39 is 6.16 Å². The molecule has 0 spiro atoms. The minimum atomic E-state index is -0.519. The van der Waals surface area contributed by atoms with Gasteiger partial charge in [0.25, 0.3) is 0 Å². The van der Waals surface area contributed by atoms with Crippen LogP contribution in [0.5, 0.6) is 0 Å². The second-order valence-electron chi connectivity index (χ2n) is 3.65. The van der Waals surface area contributed by atoms with Crippen molar-refractivity contribution in [2.45, 2.75) is 31.8 Å². The van der Waals surface area contributed by atoms with Crippen LogP contribution in [0.3, 0.4) is 0 Å². The van der Waals surface area contributed by atoms with E-state index in [0.29, 0.717) is 11.8 Å². The molecular formula is C9H14O3. The lowest BCUT2D eigenvalue weighted by molar-refractivity contribution is 0.0596. The predicted octanol–water partition coefficient (Wildman–Crippen LogP) is 1.96. The Hall–Kier alpha value is -0.730. The van der Waals surface area contributed by atoms with Gasteiger partial charge in [0.1, 0.15) is 6.10 Å². The first-order chi connectivity index (χ1) is 5.83. The van der Waals surface area contributed by atoms with Crippen molar-refractivity contribution in [3.8, 4) is 0 Å². The first-order valence-electron chi connectivity index (χ1n) is 4.57. The molecule has 2 aliphatic carbocycles. The lowest BCUT2D eigenvalue weighted by Crippen LogP contribution is -2.07. The predicted molar refractivity (Wildman–Crippen MR) is 42.7 cm³/mol. The molecule has 0 N–H and O–H groups in total. The van der Waals surface area contributed by atoms with E-state index >= 15 is 0 Å². The van der Waals surface area contributed by atoms with E-state index in [2.05, 4.69) is 4.74 Å². The van der Waals surface area contributed by atoms with E-state index in [1.165, 1.54) is 32.8 Å². The molecule has 0 amide bonds. The highest BCUT2D eigenvalue weighted by molar-refractivity contribution is 5.60. The molecule has 0 aromatic heterocycles. The fraction of sp³-hybridized carbons (Fsp3) is 0.889. The Morgan fingerprint density at radius 2 is 1.83 bits per heavy atom. The molecule has 3 nitrogen and oxygen atoms in total. The van der Waals surface area contributed by atoms with Crippen molar-refractivity contribution in [2.75, 3.05) is 7.11 Å². The molecule has 2 fully saturated rings. The molecule has 12 heavy (non-hydrogen) atoms. The average Bonchev–Trinajstić information content (AvgIpc) is 2.80. The fourth-order valence-corrected chi connectivity index (χ4v) is 2.26. The standard InChI is InChI=1S/C9H14O3/c1-11-9(10)12-8-6-4-2-3-5-7(6)8/h6-8H,2-5H2,1H3/t6-,7+,8?. The molecule has 0 bridgehead atoms. The zero-order chi connectivity index (χ0) is 8.55. The summed E-state index contributed by atoms with van der Waals surface area (Å²) in [5.41, 5.74) is 0.